The van der Waals surface area contributed by atoms with Gasteiger partial charge in [0.25, 0.3) is 0 Å². The Morgan fingerprint density at radius 2 is 2.25 bits per heavy atom. The third kappa shape index (κ3) is 2.33. The Kier molecular flexibility index (Phi) is 3.29. The van der Waals surface area contributed by atoms with Gasteiger partial charge in [0.1, 0.15) is 11.9 Å². The first-order valence-electron chi connectivity index (χ1n) is 6.72. The van der Waals surface area contributed by atoms with Gasteiger partial charge in [0, 0.05) is 24.5 Å². The molecule has 1 heterocycles. The van der Waals surface area contributed by atoms with Crippen molar-refractivity contribution in [3.63, 3.8) is 0 Å². The van der Waals surface area contributed by atoms with Gasteiger partial charge in [-0.1, -0.05) is 6.07 Å². The molecule has 3 nitrogen and oxygen atoms in total. The predicted octanol–water partition coefficient (Wildman–Crippen LogP) is 2.92. The lowest BCUT2D eigenvalue weighted by Gasteiger charge is -2.16. The predicted molar refractivity (Wildman–Crippen MR) is 72.5 cm³/mol. The van der Waals surface area contributed by atoms with Gasteiger partial charge in [-0.05, 0) is 42.5 Å². The molecule has 1 aliphatic rings. The molecule has 1 aromatic carbocycles. The Labute approximate surface area is 116 Å². The summed E-state index contributed by atoms with van der Waals surface area (Å²) in [5.74, 6) is -0.488. The van der Waals surface area contributed by atoms with Crippen LogP contribution in [0.25, 0.3) is 0 Å². The van der Waals surface area contributed by atoms with Crippen LogP contribution in [-0.4, -0.2) is 9.67 Å². The van der Waals surface area contributed by atoms with Crippen LogP contribution in [-0.2, 0) is 13.0 Å². The van der Waals surface area contributed by atoms with Crippen LogP contribution >= 0.6 is 0 Å². The molecule has 0 saturated carbocycles. The molecule has 4 heteroatoms. The van der Waals surface area contributed by atoms with Gasteiger partial charge in [-0.3, -0.25) is 0 Å². The summed E-state index contributed by atoms with van der Waals surface area (Å²) in [6, 6.07) is 6.44. The monoisotopic (exact) mass is 270 g/mol. The molecule has 2 aromatic rings. The van der Waals surface area contributed by atoms with Crippen molar-refractivity contribution in [2.45, 2.75) is 31.9 Å². The zero-order chi connectivity index (χ0) is 14.1. The van der Waals surface area contributed by atoms with Crippen molar-refractivity contribution >= 4 is 0 Å². The normalized spacial score (nSPS) is 17.6. The molecule has 0 aliphatic heterocycles. The first kappa shape index (κ1) is 12.9. The van der Waals surface area contributed by atoms with E-state index in [4.69, 9.17) is 5.26 Å². The highest BCUT2D eigenvalue weighted by Crippen LogP contribution is 2.30. The summed E-state index contributed by atoms with van der Waals surface area (Å²) in [4.78, 5) is 0. The second kappa shape index (κ2) is 5.10. The van der Waals surface area contributed by atoms with E-state index in [1.165, 1.54) is 11.6 Å². The fourth-order valence-corrected chi connectivity index (χ4v) is 2.78. The van der Waals surface area contributed by atoms with Gasteiger partial charge in [-0.15, -0.1) is 0 Å². The molecule has 1 N–H and O–H groups in total. The number of aliphatic hydroxyl groups is 1. The van der Waals surface area contributed by atoms with Crippen LogP contribution in [0.3, 0.4) is 0 Å². The maximum atomic E-state index is 13.3. The molecular formula is C16H15FN2O. The van der Waals surface area contributed by atoms with Gasteiger partial charge in [0.2, 0.25) is 0 Å². The van der Waals surface area contributed by atoms with Gasteiger partial charge in [0.15, 0.2) is 0 Å². The molecule has 0 amide bonds. The highest BCUT2D eigenvalue weighted by molar-refractivity contribution is 5.35. The fraction of sp³-hybridized carbons (Fsp3) is 0.312. The van der Waals surface area contributed by atoms with E-state index < -0.39 is 5.82 Å². The first-order chi connectivity index (χ1) is 9.67. The van der Waals surface area contributed by atoms with E-state index in [9.17, 15) is 9.50 Å². The van der Waals surface area contributed by atoms with Gasteiger partial charge in [-0.25, -0.2) is 4.39 Å². The standard InChI is InChI=1S/C16H15FN2O/c17-15-5-4-11(6-13(15)7-18)8-19-9-12-2-1-3-16(20)14(12)10-19/h4-6,9-10,16,20H,1-3,8H2. The molecule has 0 saturated heterocycles. The number of aryl methyl sites for hydroxylation is 1. The smallest absolute Gasteiger partial charge is 0.140 e. The maximum Gasteiger partial charge on any atom is 0.140 e. The Bertz CT molecular complexity index is 684. The lowest BCUT2D eigenvalue weighted by molar-refractivity contribution is 0.157. The molecule has 0 bridgehead atoms. The minimum atomic E-state index is -0.488. The average Bonchev–Trinajstić information content (AvgIpc) is 2.85. The van der Waals surface area contributed by atoms with Crippen LogP contribution in [0.4, 0.5) is 4.39 Å². The number of fused-ring (bicyclic) bond motifs is 1. The van der Waals surface area contributed by atoms with Gasteiger partial charge < -0.3 is 9.67 Å². The number of nitriles is 1. The summed E-state index contributed by atoms with van der Waals surface area (Å²) < 4.78 is 15.3. The number of aromatic nitrogens is 1. The third-order valence-electron chi connectivity index (χ3n) is 3.80. The number of rotatable bonds is 2. The third-order valence-corrected chi connectivity index (χ3v) is 3.80. The van der Waals surface area contributed by atoms with Crippen molar-refractivity contribution in [2.75, 3.05) is 0 Å². The number of nitrogens with zero attached hydrogens (tertiary/aromatic N) is 2. The molecule has 3 rings (SSSR count). The molecule has 1 aromatic heterocycles. The molecule has 1 atom stereocenters. The van der Waals surface area contributed by atoms with Crippen LogP contribution in [0.15, 0.2) is 30.6 Å². The Morgan fingerprint density at radius 1 is 1.40 bits per heavy atom. The van der Waals surface area contributed by atoms with Crippen LogP contribution < -0.4 is 0 Å². The summed E-state index contributed by atoms with van der Waals surface area (Å²) >= 11 is 0. The Balaban J connectivity index is 1.87. The number of halogens is 1. The lowest BCUT2D eigenvalue weighted by atomic mass is 9.93. The molecular weight excluding hydrogens is 255 g/mol. The topological polar surface area (TPSA) is 49.0 Å². The molecule has 20 heavy (non-hydrogen) atoms. The molecule has 102 valence electrons. The van der Waals surface area contributed by atoms with Crippen LogP contribution in [0.5, 0.6) is 0 Å². The van der Waals surface area contributed by atoms with E-state index in [1.54, 1.807) is 12.1 Å². The van der Waals surface area contributed by atoms with Crippen LogP contribution in [0.2, 0.25) is 0 Å². The second-order valence-corrected chi connectivity index (χ2v) is 5.25. The summed E-state index contributed by atoms with van der Waals surface area (Å²) in [6.45, 7) is 0.578. The van der Waals surface area contributed by atoms with E-state index in [2.05, 4.69) is 0 Å². The zero-order valence-corrected chi connectivity index (χ0v) is 11.0. The van der Waals surface area contributed by atoms with Gasteiger partial charge >= 0.3 is 0 Å². The van der Waals surface area contributed by atoms with E-state index in [1.807, 2.05) is 23.0 Å². The summed E-state index contributed by atoms with van der Waals surface area (Å²) in [7, 11) is 0. The van der Waals surface area contributed by atoms with Crippen LogP contribution in [0.1, 0.15) is 41.2 Å². The first-order valence-corrected chi connectivity index (χ1v) is 6.72. The van der Waals surface area contributed by atoms with Crippen molar-refractivity contribution in [3.05, 3.63) is 58.7 Å². The minimum Gasteiger partial charge on any atom is -0.388 e. The van der Waals surface area contributed by atoms with Crippen LogP contribution in [0, 0.1) is 17.1 Å². The summed E-state index contributed by atoms with van der Waals surface area (Å²) in [5, 5.41) is 18.8. The molecule has 0 radical (unpaired) electrons. The van der Waals surface area contributed by atoms with Gasteiger partial charge in [0.05, 0.1) is 11.7 Å². The van der Waals surface area contributed by atoms with E-state index in [-0.39, 0.29) is 11.7 Å². The zero-order valence-electron chi connectivity index (χ0n) is 11.0. The number of hydrogen-bond acceptors (Lipinski definition) is 2. The Morgan fingerprint density at radius 3 is 3.00 bits per heavy atom. The Hall–Kier alpha value is -2.12. The quantitative estimate of drug-likeness (QED) is 0.912. The SMILES string of the molecule is N#Cc1cc(Cn2cc3c(c2)C(O)CCC3)ccc1F. The van der Waals surface area contributed by atoms with E-state index in [0.29, 0.717) is 6.54 Å². The highest BCUT2D eigenvalue weighted by Gasteiger charge is 2.19. The minimum absolute atomic E-state index is 0.0689. The van der Waals surface area contributed by atoms with Crippen molar-refractivity contribution < 1.29 is 9.50 Å². The fourth-order valence-electron chi connectivity index (χ4n) is 2.78. The summed E-state index contributed by atoms with van der Waals surface area (Å²) in [5.41, 5.74) is 3.13. The highest BCUT2D eigenvalue weighted by atomic mass is 19.1. The van der Waals surface area contributed by atoms with Crippen molar-refractivity contribution in [3.8, 4) is 6.07 Å². The van der Waals surface area contributed by atoms with E-state index in [0.717, 1.165) is 30.4 Å². The number of benzene rings is 1. The summed E-state index contributed by atoms with van der Waals surface area (Å²) in [6.07, 6.45) is 6.43. The molecule has 1 aliphatic carbocycles. The van der Waals surface area contributed by atoms with Crippen molar-refractivity contribution in [1.29, 1.82) is 5.26 Å². The second-order valence-electron chi connectivity index (χ2n) is 5.25. The maximum absolute atomic E-state index is 13.3. The molecule has 0 spiro atoms. The average molecular weight is 270 g/mol. The number of hydrogen-bond donors (Lipinski definition) is 1. The van der Waals surface area contributed by atoms with Crippen molar-refractivity contribution in [1.82, 2.24) is 4.57 Å². The van der Waals surface area contributed by atoms with Crippen molar-refractivity contribution in [2.24, 2.45) is 0 Å². The lowest BCUT2D eigenvalue weighted by Crippen LogP contribution is -2.05. The van der Waals surface area contributed by atoms with Gasteiger partial charge in [-0.2, -0.15) is 5.26 Å². The van der Waals surface area contributed by atoms with E-state index >= 15 is 0 Å². The molecule has 0 fully saturated rings. The molecule has 1 unspecified atom stereocenters. The largest absolute Gasteiger partial charge is 0.388 e. The number of aliphatic hydroxyl groups excluding tert-OH is 1.